The van der Waals surface area contributed by atoms with Gasteiger partial charge in [0, 0.05) is 42.1 Å². The number of rotatable bonds is 5. The van der Waals surface area contributed by atoms with Crippen LogP contribution in [0.4, 0.5) is 5.69 Å². The highest BCUT2D eigenvalue weighted by Gasteiger charge is 2.17. The summed E-state index contributed by atoms with van der Waals surface area (Å²) >= 11 is 1.84. The number of carbonyl (C=O) groups excluding carboxylic acids is 2. The molecule has 1 fully saturated rings. The molecule has 2 aromatic rings. The summed E-state index contributed by atoms with van der Waals surface area (Å²) in [7, 11) is 0. The summed E-state index contributed by atoms with van der Waals surface area (Å²) < 4.78 is 0. The summed E-state index contributed by atoms with van der Waals surface area (Å²) in [6, 6.07) is 9.59. The van der Waals surface area contributed by atoms with Crippen LogP contribution < -0.4 is 16.0 Å². The summed E-state index contributed by atoms with van der Waals surface area (Å²) in [5.74, 6) is 1.65. The number of thioether (sulfide) groups is 1. The lowest BCUT2D eigenvalue weighted by Gasteiger charge is -2.22. The maximum atomic E-state index is 12.1. The second-order valence-electron chi connectivity index (χ2n) is 5.64. The highest BCUT2D eigenvalue weighted by molar-refractivity contribution is 7.99. The van der Waals surface area contributed by atoms with Gasteiger partial charge in [-0.15, -0.1) is 24.8 Å². The van der Waals surface area contributed by atoms with Crippen LogP contribution in [0, 0.1) is 0 Å². The maximum absolute atomic E-state index is 12.1. The zero-order chi connectivity index (χ0) is 16.8. The van der Waals surface area contributed by atoms with Gasteiger partial charge >= 0.3 is 0 Å². The predicted molar refractivity (Wildman–Crippen MR) is 112 cm³/mol. The van der Waals surface area contributed by atoms with Gasteiger partial charge < -0.3 is 16.0 Å². The number of hydrogen-bond donors (Lipinski definition) is 3. The zero-order valence-corrected chi connectivity index (χ0v) is 16.5. The number of hydrogen-bond acceptors (Lipinski definition) is 5. The van der Waals surface area contributed by atoms with E-state index in [0.29, 0.717) is 12.1 Å². The number of aromatic nitrogens is 1. The fourth-order valence-corrected chi connectivity index (χ4v) is 3.57. The molecule has 1 atom stereocenters. The number of fused-ring (bicyclic) bond motifs is 1. The van der Waals surface area contributed by atoms with E-state index < -0.39 is 0 Å². The third-order valence-corrected chi connectivity index (χ3v) is 4.91. The molecule has 3 rings (SSSR count). The minimum Gasteiger partial charge on any atom is -0.347 e. The summed E-state index contributed by atoms with van der Waals surface area (Å²) in [6.07, 6.45) is 2.09. The summed E-state index contributed by atoms with van der Waals surface area (Å²) in [5.41, 5.74) is 1.39. The van der Waals surface area contributed by atoms with E-state index in [-0.39, 0.29) is 49.2 Å². The van der Waals surface area contributed by atoms with E-state index in [0.717, 1.165) is 29.0 Å². The number of benzene rings is 1. The van der Waals surface area contributed by atoms with Crippen LogP contribution in [-0.4, -0.2) is 47.4 Å². The van der Waals surface area contributed by atoms with Crippen LogP contribution in [0.25, 0.3) is 10.9 Å². The molecule has 9 heteroatoms. The summed E-state index contributed by atoms with van der Waals surface area (Å²) in [5, 5.41) is 9.75. The van der Waals surface area contributed by atoms with Crippen molar-refractivity contribution in [2.75, 3.05) is 29.9 Å². The third-order valence-electron chi connectivity index (χ3n) is 3.78. The van der Waals surface area contributed by atoms with Crippen LogP contribution in [0.5, 0.6) is 0 Å². The summed E-state index contributed by atoms with van der Waals surface area (Å²) in [4.78, 5) is 28.3. The maximum Gasteiger partial charge on any atom is 0.243 e. The van der Waals surface area contributed by atoms with Crippen LogP contribution >= 0.6 is 36.6 Å². The first kappa shape index (κ1) is 22.5. The molecule has 1 aromatic heterocycles. The fourth-order valence-electron chi connectivity index (χ4n) is 2.63. The van der Waals surface area contributed by atoms with Gasteiger partial charge in [0.25, 0.3) is 0 Å². The quantitative estimate of drug-likeness (QED) is 0.695. The normalized spacial score (nSPS) is 16.1. The Labute approximate surface area is 169 Å². The monoisotopic (exact) mass is 416 g/mol. The zero-order valence-electron chi connectivity index (χ0n) is 14.1. The van der Waals surface area contributed by atoms with Crippen molar-refractivity contribution in [2.45, 2.75) is 12.5 Å². The second kappa shape index (κ2) is 11.2. The van der Waals surface area contributed by atoms with Crippen molar-refractivity contribution >= 4 is 65.0 Å². The first-order chi connectivity index (χ1) is 11.7. The molecule has 0 saturated carbocycles. The van der Waals surface area contributed by atoms with E-state index in [2.05, 4.69) is 20.9 Å². The molecule has 0 aliphatic carbocycles. The number of para-hydroxylation sites is 1. The lowest BCUT2D eigenvalue weighted by atomic mass is 10.2. The Morgan fingerprint density at radius 3 is 2.77 bits per heavy atom. The van der Waals surface area contributed by atoms with Crippen LogP contribution in [-0.2, 0) is 9.59 Å². The second-order valence-corrected chi connectivity index (χ2v) is 6.79. The van der Waals surface area contributed by atoms with Gasteiger partial charge in [0.1, 0.15) is 0 Å². The fraction of sp³-hybridized carbons (Fsp3) is 0.353. The molecular formula is C17H22Cl2N4O2S. The number of nitrogens with one attached hydrogen (secondary N) is 3. The van der Waals surface area contributed by atoms with Gasteiger partial charge in [-0.3, -0.25) is 14.6 Å². The molecule has 1 unspecified atom stereocenters. The highest BCUT2D eigenvalue weighted by Crippen LogP contribution is 2.20. The number of nitrogens with zero attached hydrogens (tertiary/aromatic N) is 1. The lowest BCUT2D eigenvalue weighted by molar-refractivity contribution is -0.124. The molecule has 1 aliphatic heterocycles. The Morgan fingerprint density at radius 2 is 2.00 bits per heavy atom. The minimum atomic E-state index is -0.257. The molecule has 0 spiro atoms. The average Bonchev–Trinajstić information content (AvgIpc) is 2.61. The molecule has 142 valence electrons. The molecule has 1 saturated heterocycles. The van der Waals surface area contributed by atoms with Crippen molar-refractivity contribution in [3.63, 3.8) is 0 Å². The van der Waals surface area contributed by atoms with Crippen molar-refractivity contribution in [1.82, 2.24) is 15.6 Å². The van der Waals surface area contributed by atoms with E-state index in [1.165, 1.54) is 0 Å². The number of pyridine rings is 1. The standard InChI is InChI=1S/C17H20N4O2S.2ClH/c22-15(9-13-11-24-8-7-18-13)20-10-16(23)21-14-5-1-3-12-4-2-6-19-17(12)14;;/h1-6,13,18H,7-11H2,(H,20,22)(H,21,23);2*1H. The van der Waals surface area contributed by atoms with Crippen LogP contribution in [0.15, 0.2) is 36.5 Å². The van der Waals surface area contributed by atoms with Crippen molar-refractivity contribution in [3.05, 3.63) is 36.5 Å². The van der Waals surface area contributed by atoms with Gasteiger partial charge in [-0.25, -0.2) is 0 Å². The van der Waals surface area contributed by atoms with Crippen LogP contribution in [0.1, 0.15) is 6.42 Å². The molecule has 2 amide bonds. The van der Waals surface area contributed by atoms with E-state index in [4.69, 9.17) is 0 Å². The summed E-state index contributed by atoms with van der Waals surface area (Å²) in [6.45, 7) is 0.888. The van der Waals surface area contributed by atoms with Crippen LogP contribution in [0.2, 0.25) is 0 Å². The average molecular weight is 417 g/mol. The predicted octanol–water partition coefficient (Wildman–Crippen LogP) is 2.23. The van der Waals surface area contributed by atoms with E-state index in [9.17, 15) is 9.59 Å². The Kier molecular flexibility index (Phi) is 9.72. The van der Waals surface area contributed by atoms with Crippen molar-refractivity contribution in [2.24, 2.45) is 0 Å². The topological polar surface area (TPSA) is 83.1 Å². The molecule has 26 heavy (non-hydrogen) atoms. The van der Waals surface area contributed by atoms with Gasteiger partial charge in [-0.1, -0.05) is 18.2 Å². The molecule has 3 N–H and O–H groups in total. The minimum absolute atomic E-state index is 0. The Bertz CT molecular complexity index is 736. The smallest absolute Gasteiger partial charge is 0.243 e. The van der Waals surface area contributed by atoms with Crippen molar-refractivity contribution in [3.8, 4) is 0 Å². The molecule has 6 nitrogen and oxygen atoms in total. The van der Waals surface area contributed by atoms with Crippen molar-refractivity contribution < 1.29 is 9.59 Å². The van der Waals surface area contributed by atoms with Gasteiger partial charge in [-0.2, -0.15) is 11.8 Å². The third kappa shape index (κ3) is 6.32. The largest absolute Gasteiger partial charge is 0.347 e. The number of halogens is 2. The van der Waals surface area contributed by atoms with Gasteiger partial charge in [0.2, 0.25) is 11.8 Å². The molecular weight excluding hydrogens is 395 g/mol. The molecule has 0 radical (unpaired) electrons. The first-order valence-corrected chi connectivity index (χ1v) is 9.09. The highest BCUT2D eigenvalue weighted by atomic mass is 35.5. The molecule has 1 aromatic carbocycles. The lowest BCUT2D eigenvalue weighted by Crippen LogP contribution is -2.42. The Hall–Kier alpha value is -1.54. The Balaban J connectivity index is 0.00000169. The van der Waals surface area contributed by atoms with E-state index in [1.54, 1.807) is 12.3 Å². The number of anilines is 1. The van der Waals surface area contributed by atoms with Gasteiger partial charge in [0.15, 0.2) is 0 Å². The number of amides is 2. The molecule has 0 bridgehead atoms. The molecule has 1 aliphatic rings. The van der Waals surface area contributed by atoms with E-state index in [1.807, 2.05) is 36.0 Å². The SMILES string of the molecule is Cl.Cl.O=C(CC1CSCCN1)NCC(=O)Nc1cccc2cccnc12. The molecule has 2 heterocycles. The Morgan fingerprint density at radius 1 is 1.19 bits per heavy atom. The van der Waals surface area contributed by atoms with Gasteiger partial charge in [-0.05, 0) is 12.1 Å². The van der Waals surface area contributed by atoms with Crippen molar-refractivity contribution in [1.29, 1.82) is 0 Å². The number of carbonyl (C=O) groups is 2. The van der Waals surface area contributed by atoms with Gasteiger partial charge in [0.05, 0.1) is 17.7 Å². The first-order valence-electron chi connectivity index (χ1n) is 7.94. The van der Waals surface area contributed by atoms with Crippen LogP contribution in [0.3, 0.4) is 0 Å². The van der Waals surface area contributed by atoms with E-state index >= 15 is 0 Å².